The third-order valence-electron chi connectivity index (χ3n) is 16.6. The number of ether oxygens (including phenoxy) is 12. The van der Waals surface area contributed by atoms with Gasteiger partial charge in [0, 0.05) is 6.61 Å². The molecule has 0 saturated carbocycles. The minimum atomic E-state index is -0.623. The Kier molecular flexibility index (Phi) is 40.2. The number of unbranched alkanes of at least 4 members (excludes halogenated alkanes) is 27. The number of carbonyl (C=O) groups excluding carboxylic acids is 1. The largest absolute Gasteiger partial charge is 0.494 e. The summed E-state index contributed by atoms with van der Waals surface area (Å²) in [5.41, 5.74) is 2.94. The van der Waals surface area contributed by atoms with E-state index < -0.39 is 5.97 Å². The fraction of sp³-hybridized carbons (Fsp3) is 0.608. The first kappa shape index (κ1) is 74.9. The zero-order valence-corrected chi connectivity index (χ0v) is 56.9. The number of benzene rings is 4. The second-order valence-electron chi connectivity index (χ2n) is 24.6. The second-order valence-corrected chi connectivity index (χ2v) is 24.6. The lowest BCUT2D eigenvalue weighted by atomic mass is 10.1. The number of allylic oxidation sites excluding steroid dienone is 1. The first-order valence-electron chi connectivity index (χ1n) is 36.1. The molecule has 0 unspecified atom stereocenters. The van der Waals surface area contributed by atoms with E-state index in [0.29, 0.717) is 100 Å². The predicted molar refractivity (Wildman–Crippen MR) is 369 cm³/mol. The van der Waals surface area contributed by atoms with Crippen molar-refractivity contribution in [3.05, 3.63) is 143 Å². The number of rotatable bonds is 48. The molecule has 510 valence electrons. The minimum Gasteiger partial charge on any atom is -0.494 e. The van der Waals surface area contributed by atoms with Gasteiger partial charge in [0.25, 0.3) is 0 Å². The molecule has 13 heteroatoms. The summed E-state index contributed by atoms with van der Waals surface area (Å²) >= 11 is 0. The molecule has 2 aliphatic rings. The van der Waals surface area contributed by atoms with Crippen LogP contribution in [0.1, 0.15) is 253 Å². The van der Waals surface area contributed by atoms with E-state index in [9.17, 15) is 4.79 Å². The van der Waals surface area contributed by atoms with Crippen LogP contribution in [0.5, 0.6) is 34.5 Å². The Labute approximate surface area is 554 Å². The van der Waals surface area contributed by atoms with Gasteiger partial charge in [-0.05, 0) is 109 Å². The number of fused-ring (bicyclic) bond motifs is 1. The van der Waals surface area contributed by atoms with Gasteiger partial charge in [-0.15, -0.1) is 0 Å². The van der Waals surface area contributed by atoms with Gasteiger partial charge in [-0.1, -0.05) is 231 Å². The number of esters is 1. The van der Waals surface area contributed by atoms with Gasteiger partial charge < -0.3 is 56.8 Å². The molecule has 0 spiro atoms. The van der Waals surface area contributed by atoms with Gasteiger partial charge in [-0.2, -0.15) is 0 Å². The summed E-state index contributed by atoms with van der Waals surface area (Å²) in [6, 6.07) is 27.3. The van der Waals surface area contributed by atoms with Gasteiger partial charge in [0.1, 0.15) is 43.3 Å². The second kappa shape index (κ2) is 49.4. The van der Waals surface area contributed by atoms with E-state index in [0.717, 1.165) is 59.6 Å². The fourth-order valence-electron chi connectivity index (χ4n) is 11.0. The average Bonchev–Trinajstić information content (AvgIpc) is 2.35. The van der Waals surface area contributed by atoms with Crippen LogP contribution in [0.15, 0.2) is 121 Å². The molecule has 0 amide bonds. The van der Waals surface area contributed by atoms with Crippen molar-refractivity contribution >= 4 is 5.97 Å². The minimum absolute atomic E-state index is 0.173. The van der Waals surface area contributed by atoms with Crippen molar-refractivity contribution in [1.82, 2.24) is 0 Å². The van der Waals surface area contributed by atoms with Crippen LogP contribution in [0, 0.1) is 0 Å². The van der Waals surface area contributed by atoms with Crippen LogP contribution in [0.25, 0.3) is 0 Å². The maximum atomic E-state index is 14.4. The summed E-state index contributed by atoms with van der Waals surface area (Å²) in [5, 5.41) is 0. The monoisotopic (exact) mass is 1270 g/mol. The summed E-state index contributed by atoms with van der Waals surface area (Å²) in [7, 11) is 0. The molecule has 6 rings (SSSR count). The number of hydrogen-bond acceptors (Lipinski definition) is 13. The van der Waals surface area contributed by atoms with E-state index in [4.69, 9.17) is 56.8 Å². The fourth-order valence-corrected chi connectivity index (χ4v) is 11.0. The molecule has 0 saturated heterocycles. The Morgan fingerprint density at radius 2 is 0.772 bits per heavy atom. The van der Waals surface area contributed by atoms with Crippen LogP contribution in [0.4, 0.5) is 0 Å². The molecule has 0 radical (unpaired) electrons. The van der Waals surface area contributed by atoms with E-state index in [1.165, 1.54) is 180 Å². The molecule has 0 N–H and O–H groups in total. The van der Waals surface area contributed by atoms with Crippen molar-refractivity contribution in [2.75, 3.05) is 66.1 Å². The maximum absolute atomic E-state index is 14.4. The lowest BCUT2D eigenvalue weighted by Gasteiger charge is -2.21. The van der Waals surface area contributed by atoms with Gasteiger partial charge in [0.2, 0.25) is 5.75 Å². The van der Waals surface area contributed by atoms with Crippen LogP contribution in [-0.4, -0.2) is 72.0 Å². The Bertz CT molecular complexity index is 2510. The molecule has 2 aliphatic heterocycles. The van der Waals surface area contributed by atoms with Gasteiger partial charge >= 0.3 is 5.97 Å². The Morgan fingerprint density at radius 1 is 0.391 bits per heavy atom. The van der Waals surface area contributed by atoms with Gasteiger partial charge in [-0.25, -0.2) is 4.79 Å². The zero-order chi connectivity index (χ0) is 64.4. The third kappa shape index (κ3) is 33.1. The summed E-state index contributed by atoms with van der Waals surface area (Å²) in [5.74, 6) is 4.14. The molecule has 2 heterocycles. The molecular weight excluding hydrogens is 1160 g/mol. The molecular formula is C79H116O13. The normalized spacial score (nSPS) is 15.0. The highest BCUT2D eigenvalue weighted by molar-refractivity contribution is 5.91. The highest BCUT2D eigenvalue weighted by atomic mass is 16.6. The van der Waals surface area contributed by atoms with Crippen molar-refractivity contribution in [3.8, 4) is 34.5 Å². The predicted octanol–water partition coefficient (Wildman–Crippen LogP) is 21.0. The molecule has 4 aromatic carbocycles. The molecule has 0 atom stereocenters. The standard InChI is InChI=1S/C79H116O13/c1-4-7-10-13-16-19-22-25-28-32-51-84-70-43-37-66(38-44-70)61-87-76-59-69(79(80)91-65-73-64-89-74-49-54-82-56-58-83-57-55-81-50-35-31-36-75(74)92-73)60-77(88-62-67-39-45-71(46-40-67)85-52-33-29-26-23-20-17-14-11-8-5-2)78(76)90-63-68-41-47-72(48-42-68)86-53-34-30-27-24-21-18-15-12-9-6-3/h36-49,59-60,64H,4-35,50-58,61-63,65H2,1-3H3/b74-49+,75-36+. The topological polar surface area (TPSA) is 128 Å². The molecule has 0 fully saturated rings. The molecule has 92 heavy (non-hydrogen) atoms. The van der Waals surface area contributed by atoms with E-state index in [-0.39, 0.29) is 32.0 Å². The van der Waals surface area contributed by atoms with Gasteiger partial charge in [0.05, 0.1) is 58.4 Å². The summed E-state index contributed by atoms with van der Waals surface area (Å²) < 4.78 is 74.1. The van der Waals surface area contributed by atoms with Crippen LogP contribution < -0.4 is 28.4 Å². The highest BCUT2D eigenvalue weighted by Gasteiger charge is 2.24. The number of hydrogen-bond donors (Lipinski definition) is 0. The van der Waals surface area contributed by atoms with Crippen molar-refractivity contribution in [1.29, 1.82) is 0 Å². The van der Waals surface area contributed by atoms with E-state index in [1.54, 1.807) is 12.1 Å². The van der Waals surface area contributed by atoms with Crippen molar-refractivity contribution in [3.63, 3.8) is 0 Å². The molecule has 4 aromatic rings. The molecule has 0 aliphatic carbocycles. The SMILES string of the molecule is CCCCCCCCCCCCOc1ccc(COc2cc(C(=O)OCC3=COC4=C/COCCOCCOCCC/C=C\4O3)cc(OCc3ccc(OCCCCCCCCCCCC)cc3)c2OCc2ccc(OCCCCCCCCCCCC)cc2)cc1. The van der Waals surface area contributed by atoms with Crippen molar-refractivity contribution in [2.24, 2.45) is 0 Å². The Hall–Kier alpha value is -6.15. The Balaban J connectivity index is 1.15. The lowest BCUT2D eigenvalue weighted by molar-refractivity contribution is 0.0190. The maximum Gasteiger partial charge on any atom is 0.338 e. The van der Waals surface area contributed by atoms with Gasteiger partial charge in [0.15, 0.2) is 35.4 Å². The summed E-state index contributed by atoms with van der Waals surface area (Å²) in [6.07, 6.45) is 45.0. The summed E-state index contributed by atoms with van der Waals surface area (Å²) in [6.45, 7) is 12.0. The molecule has 13 nitrogen and oxygen atoms in total. The van der Waals surface area contributed by atoms with E-state index >= 15 is 0 Å². The van der Waals surface area contributed by atoms with Crippen molar-refractivity contribution < 1.29 is 61.6 Å². The van der Waals surface area contributed by atoms with Gasteiger partial charge in [-0.3, -0.25) is 0 Å². The molecule has 0 bridgehead atoms. The van der Waals surface area contributed by atoms with Crippen LogP contribution in [-0.2, 0) is 48.2 Å². The van der Waals surface area contributed by atoms with Crippen LogP contribution in [0.3, 0.4) is 0 Å². The quantitative estimate of drug-likeness (QED) is 0.0308. The van der Waals surface area contributed by atoms with Crippen LogP contribution >= 0.6 is 0 Å². The number of carbonyl (C=O) groups is 1. The Morgan fingerprint density at radius 3 is 1.20 bits per heavy atom. The molecule has 0 aromatic heterocycles. The first-order valence-corrected chi connectivity index (χ1v) is 36.1. The average molecular weight is 1270 g/mol. The first-order chi connectivity index (χ1) is 45.5. The lowest BCUT2D eigenvalue weighted by Crippen LogP contribution is -2.15. The zero-order valence-electron chi connectivity index (χ0n) is 56.9. The highest BCUT2D eigenvalue weighted by Crippen LogP contribution is 2.41. The van der Waals surface area contributed by atoms with Crippen molar-refractivity contribution in [2.45, 2.75) is 246 Å². The summed E-state index contributed by atoms with van der Waals surface area (Å²) in [4.78, 5) is 14.4. The van der Waals surface area contributed by atoms with E-state index in [1.807, 2.05) is 84.9 Å². The third-order valence-corrected chi connectivity index (χ3v) is 16.6. The van der Waals surface area contributed by atoms with Crippen LogP contribution in [0.2, 0.25) is 0 Å². The van der Waals surface area contributed by atoms with E-state index in [2.05, 4.69) is 20.8 Å². The smallest absolute Gasteiger partial charge is 0.338 e.